The third kappa shape index (κ3) is 4.79. The lowest BCUT2D eigenvalue weighted by atomic mass is 9.90. The van der Waals surface area contributed by atoms with E-state index in [-0.39, 0.29) is 0 Å². The predicted octanol–water partition coefficient (Wildman–Crippen LogP) is 1.98. The van der Waals surface area contributed by atoms with Crippen LogP contribution in [-0.4, -0.2) is 17.7 Å². The summed E-state index contributed by atoms with van der Waals surface area (Å²) < 4.78 is 76.2. The molecule has 0 radical (unpaired) electrons. The molecule has 0 aromatic carbocycles. The minimum Gasteiger partial charge on any atom is -0.790 e. The molecule has 0 spiro atoms. The van der Waals surface area contributed by atoms with Crippen LogP contribution < -0.4 is 9.79 Å². The molecule has 0 unspecified atom stereocenters. The molecule has 0 aliphatic carbocycles. The van der Waals surface area contributed by atoms with Crippen molar-refractivity contribution in [1.29, 1.82) is 0 Å². The molecule has 10 heteroatoms. The Labute approximate surface area is 100 Å². The van der Waals surface area contributed by atoms with E-state index < -0.39 is 44.8 Å². The first kappa shape index (κ1) is 17.8. The highest BCUT2D eigenvalue weighted by molar-refractivity contribution is 7.43. The Bertz CT molecular complexity index is 320. The molecule has 0 atom stereocenters. The maximum Gasteiger partial charge on any atom is 0.453 e. The van der Waals surface area contributed by atoms with E-state index >= 15 is 0 Å². The van der Waals surface area contributed by atoms with Gasteiger partial charge < -0.3 is 18.9 Å². The highest BCUT2D eigenvalue weighted by atomic mass is 31.2. The van der Waals surface area contributed by atoms with Crippen molar-refractivity contribution in [2.75, 3.05) is 0 Å². The highest BCUT2D eigenvalue weighted by Crippen LogP contribution is 2.47. The lowest BCUT2D eigenvalue weighted by Crippen LogP contribution is -2.46. The SMILES string of the molecule is CCC(CC)(CC(F)(F)C(F)(F)F)OP(=O)([O-])[O-]. The quantitative estimate of drug-likeness (QED) is 0.555. The van der Waals surface area contributed by atoms with Crippen LogP contribution in [0, 0.1) is 0 Å². The van der Waals surface area contributed by atoms with Crippen LogP contribution >= 0.6 is 7.82 Å². The topological polar surface area (TPSA) is 72.4 Å². The molecule has 0 heterocycles. The fourth-order valence-electron chi connectivity index (χ4n) is 1.40. The molecule has 0 rings (SSSR count). The summed E-state index contributed by atoms with van der Waals surface area (Å²) in [6.07, 6.45) is -8.68. The van der Waals surface area contributed by atoms with Gasteiger partial charge in [0.2, 0.25) is 0 Å². The van der Waals surface area contributed by atoms with E-state index in [1.165, 1.54) is 0 Å². The number of rotatable bonds is 6. The van der Waals surface area contributed by atoms with Gasteiger partial charge in [0, 0.05) is 0 Å². The van der Waals surface area contributed by atoms with Crippen LogP contribution in [0.15, 0.2) is 0 Å². The average Bonchev–Trinajstić information content (AvgIpc) is 2.12. The van der Waals surface area contributed by atoms with Gasteiger partial charge in [-0.15, -0.1) is 0 Å². The number of halogens is 5. The van der Waals surface area contributed by atoms with E-state index in [4.69, 9.17) is 0 Å². The summed E-state index contributed by atoms with van der Waals surface area (Å²) in [5, 5.41) is 0. The molecule has 0 amide bonds. The molecule has 0 aliphatic rings. The van der Waals surface area contributed by atoms with Crippen molar-refractivity contribution in [2.45, 2.75) is 50.8 Å². The smallest absolute Gasteiger partial charge is 0.453 e. The first-order valence-corrected chi connectivity index (χ1v) is 6.42. The second-order valence-electron chi connectivity index (χ2n) is 3.81. The van der Waals surface area contributed by atoms with E-state index in [0.29, 0.717) is 0 Å². The minimum atomic E-state index is -5.83. The van der Waals surface area contributed by atoms with Crippen LogP contribution in [0.2, 0.25) is 0 Å². The van der Waals surface area contributed by atoms with E-state index in [1.807, 2.05) is 0 Å². The molecule has 0 N–H and O–H groups in total. The predicted molar refractivity (Wildman–Crippen MR) is 47.6 cm³/mol. The lowest BCUT2D eigenvalue weighted by molar-refractivity contribution is -0.355. The largest absolute Gasteiger partial charge is 0.790 e. The summed E-state index contributed by atoms with van der Waals surface area (Å²) >= 11 is 0. The average molecular weight is 298 g/mol. The van der Waals surface area contributed by atoms with Gasteiger partial charge in [0.1, 0.15) is 0 Å². The fourth-order valence-corrected chi connectivity index (χ4v) is 2.20. The van der Waals surface area contributed by atoms with E-state index in [0.717, 1.165) is 13.8 Å². The van der Waals surface area contributed by atoms with Crippen LogP contribution in [0.4, 0.5) is 22.0 Å². The van der Waals surface area contributed by atoms with Crippen molar-refractivity contribution in [3.05, 3.63) is 0 Å². The van der Waals surface area contributed by atoms with Gasteiger partial charge in [-0.25, -0.2) is 0 Å². The zero-order valence-electron chi connectivity index (χ0n) is 9.59. The van der Waals surface area contributed by atoms with Crippen molar-refractivity contribution < 1.29 is 40.8 Å². The standard InChI is InChI=1S/C8H14F5O4P/c1-3-6(4-2,17-18(14,15)16)5-7(9,10)8(11,12)13/h3-5H2,1-2H3,(H2,14,15,16)/p-2. The van der Waals surface area contributed by atoms with Gasteiger partial charge in [-0.2, -0.15) is 22.0 Å². The number of hydrogen-bond acceptors (Lipinski definition) is 4. The van der Waals surface area contributed by atoms with Gasteiger partial charge in [0.25, 0.3) is 0 Å². The molecular formula is C8H12F5O4P-2. The van der Waals surface area contributed by atoms with Crippen molar-refractivity contribution in [3.63, 3.8) is 0 Å². The van der Waals surface area contributed by atoms with Crippen LogP contribution in [0.1, 0.15) is 33.1 Å². The number of phosphoric acid groups is 1. The number of alkyl halides is 5. The van der Waals surface area contributed by atoms with Gasteiger partial charge in [-0.05, 0) is 12.8 Å². The summed E-state index contributed by atoms with van der Waals surface area (Å²) in [7, 11) is -5.66. The van der Waals surface area contributed by atoms with E-state index in [9.17, 15) is 36.3 Å². The van der Waals surface area contributed by atoms with Gasteiger partial charge in [-0.1, -0.05) is 13.8 Å². The molecule has 0 bridgehead atoms. The molecule has 4 nitrogen and oxygen atoms in total. The third-order valence-electron chi connectivity index (χ3n) is 2.55. The summed E-state index contributed by atoms with van der Waals surface area (Å²) in [5.41, 5.74) is -2.35. The number of hydrogen-bond donors (Lipinski definition) is 0. The molecular weight excluding hydrogens is 286 g/mol. The molecule has 0 saturated carbocycles. The van der Waals surface area contributed by atoms with Crippen molar-refractivity contribution >= 4 is 7.82 Å². The Morgan fingerprint density at radius 2 is 1.44 bits per heavy atom. The molecule has 0 saturated heterocycles. The zero-order chi connectivity index (χ0) is 14.8. The maximum atomic E-state index is 12.9. The van der Waals surface area contributed by atoms with Crippen LogP contribution in [0.5, 0.6) is 0 Å². The first-order chi connectivity index (χ1) is 7.79. The second kappa shape index (κ2) is 5.40. The maximum absolute atomic E-state index is 12.9. The third-order valence-corrected chi connectivity index (χ3v) is 3.16. The molecule has 110 valence electrons. The Morgan fingerprint density at radius 3 is 1.67 bits per heavy atom. The Balaban J connectivity index is 5.22. The van der Waals surface area contributed by atoms with Crippen molar-refractivity contribution in [3.8, 4) is 0 Å². The fraction of sp³-hybridized carbons (Fsp3) is 1.00. The molecule has 0 aromatic rings. The second-order valence-corrected chi connectivity index (χ2v) is 4.88. The molecule has 0 aromatic heterocycles. The van der Waals surface area contributed by atoms with E-state index in [1.54, 1.807) is 0 Å². The van der Waals surface area contributed by atoms with Crippen LogP contribution in [-0.2, 0) is 9.09 Å². The summed E-state index contributed by atoms with van der Waals surface area (Å²) in [4.78, 5) is 20.8. The lowest BCUT2D eigenvalue weighted by Gasteiger charge is -2.43. The highest BCUT2D eigenvalue weighted by Gasteiger charge is 2.60. The summed E-state index contributed by atoms with van der Waals surface area (Å²) in [6, 6.07) is 0. The number of phosphoric ester groups is 1. The monoisotopic (exact) mass is 298 g/mol. The minimum absolute atomic E-state index is 0.469. The van der Waals surface area contributed by atoms with Gasteiger partial charge in [-0.3, -0.25) is 0 Å². The van der Waals surface area contributed by atoms with Crippen LogP contribution in [0.3, 0.4) is 0 Å². The van der Waals surface area contributed by atoms with Crippen molar-refractivity contribution in [2.24, 2.45) is 0 Å². The zero-order valence-corrected chi connectivity index (χ0v) is 10.5. The molecule has 0 aliphatic heterocycles. The Hall–Kier alpha value is -0.240. The first-order valence-electron chi connectivity index (χ1n) is 4.96. The van der Waals surface area contributed by atoms with Gasteiger partial charge in [0.05, 0.1) is 19.8 Å². The van der Waals surface area contributed by atoms with E-state index in [2.05, 4.69) is 4.52 Å². The Morgan fingerprint density at radius 1 is 1.06 bits per heavy atom. The molecule has 18 heavy (non-hydrogen) atoms. The Kier molecular flexibility index (Phi) is 5.33. The molecule has 0 fully saturated rings. The summed E-state index contributed by atoms with van der Waals surface area (Å²) in [6.45, 7) is 2.32. The van der Waals surface area contributed by atoms with Crippen LogP contribution in [0.25, 0.3) is 0 Å². The van der Waals surface area contributed by atoms with Gasteiger partial charge >= 0.3 is 12.1 Å². The summed E-state index contributed by atoms with van der Waals surface area (Å²) in [5.74, 6) is -5.13. The van der Waals surface area contributed by atoms with Crippen molar-refractivity contribution in [1.82, 2.24) is 0 Å². The normalized spacial score (nSPS) is 14.9. The van der Waals surface area contributed by atoms with Gasteiger partial charge in [0.15, 0.2) is 0 Å².